The molecular formula is C11H15N5O3S. The Balaban J connectivity index is 2.29. The molecule has 20 heavy (non-hydrogen) atoms. The van der Waals surface area contributed by atoms with Crippen LogP contribution in [0.15, 0.2) is 17.7 Å². The van der Waals surface area contributed by atoms with E-state index in [9.17, 15) is 9.59 Å². The molecule has 1 aromatic heterocycles. The van der Waals surface area contributed by atoms with Gasteiger partial charge in [0.25, 0.3) is 0 Å². The first-order valence-electron chi connectivity index (χ1n) is 5.93. The first-order valence-corrected chi connectivity index (χ1v) is 6.81. The number of amides is 1. The SMILES string of the molecule is CCC(=O)N(c1nc(C(=O)OC)cs1)N1CC=CN1N. The van der Waals surface area contributed by atoms with Crippen LogP contribution in [0, 0.1) is 0 Å². The van der Waals surface area contributed by atoms with Crippen molar-refractivity contribution in [2.75, 3.05) is 18.7 Å². The average molecular weight is 297 g/mol. The van der Waals surface area contributed by atoms with Crippen LogP contribution in [-0.2, 0) is 9.53 Å². The maximum atomic E-state index is 12.1. The molecule has 0 saturated carbocycles. The molecule has 2 rings (SSSR count). The molecule has 0 atom stereocenters. The van der Waals surface area contributed by atoms with Gasteiger partial charge in [0.05, 0.1) is 13.7 Å². The Kier molecular flexibility index (Phi) is 4.32. The molecule has 0 spiro atoms. The molecular weight excluding hydrogens is 282 g/mol. The zero-order valence-electron chi connectivity index (χ0n) is 11.1. The molecule has 0 unspecified atom stereocenters. The zero-order chi connectivity index (χ0) is 14.7. The predicted octanol–water partition coefficient (Wildman–Crippen LogP) is 0.508. The number of aromatic nitrogens is 1. The van der Waals surface area contributed by atoms with Crippen LogP contribution in [-0.4, -0.2) is 40.8 Å². The van der Waals surface area contributed by atoms with Gasteiger partial charge < -0.3 is 4.74 Å². The van der Waals surface area contributed by atoms with Crippen molar-refractivity contribution in [3.05, 3.63) is 23.3 Å². The molecule has 8 nitrogen and oxygen atoms in total. The largest absolute Gasteiger partial charge is 0.464 e. The minimum atomic E-state index is -0.541. The number of carbonyl (C=O) groups excluding carboxylic acids is 2. The maximum Gasteiger partial charge on any atom is 0.357 e. The summed E-state index contributed by atoms with van der Waals surface area (Å²) in [5.74, 6) is 5.05. The Hall–Kier alpha value is -1.97. The van der Waals surface area contributed by atoms with E-state index in [0.717, 1.165) is 0 Å². The van der Waals surface area contributed by atoms with Gasteiger partial charge in [-0.3, -0.25) is 4.79 Å². The van der Waals surface area contributed by atoms with E-state index < -0.39 is 5.97 Å². The first kappa shape index (κ1) is 14.4. The van der Waals surface area contributed by atoms with Crippen molar-refractivity contribution in [3.8, 4) is 0 Å². The maximum absolute atomic E-state index is 12.1. The second kappa shape index (κ2) is 5.99. The van der Waals surface area contributed by atoms with Gasteiger partial charge in [-0.25, -0.2) is 20.7 Å². The predicted molar refractivity (Wildman–Crippen MR) is 73.1 cm³/mol. The molecule has 1 aliphatic rings. The number of hydrazine groups is 3. The highest BCUT2D eigenvalue weighted by Gasteiger charge is 2.29. The summed E-state index contributed by atoms with van der Waals surface area (Å²) >= 11 is 1.18. The molecule has 0 fully saturated rings. The Labute approximate surface area is 119 Å². The van der Waals surface area contributed by atoms with Crippen LogP contribution in [0.5, 0.6) is 0 Å². The summed E-state index contributed by atoms with van der Waals surface area (Å²) in [6, 6.07) is 0. The highest BCUT2D eigenvalue weighted by molar-refractivity contribution is 7.14. The number of hydrogen-bond acceptors (Lipinski definition) is 8. The minimum Gasteiger partial charge on any atom is -0.464 e. The van der Waals surface area contributed by atoms with Gasteiger partial charge in [0.1, 0.15) is 0 Å². The number of nitrogens with zero attached hydrogens (tertiary/aromatic N) is 4. The number of rotatable bonds is 4. The number of methoxy groups -OCH3 is 1. The van der Waals surface area contributed by atoms with Crippen molar-refractivity contribution >= 4 is 28.3 Å². The highest BCUT2D eigenvalue weighted by Crippen LogP contribution is 2.25. The second-order valence-electron chi connectivity index (χ2n) is 3.89. The first-order chi connectivity index (χ1) is 9.58. The third kappa shape index (κ3) is 2.64. The van der Waals surface area contributed by atoms with Crippen LogP contribution in [0.25, 0.3) is 0 Å². The molecule has 1 aromatic rings. The van der Waals surface area contributed by atoms with Gasteiger partial charge in [0.2, 0.25) is 11.0 Å². The normalized spacial score (nSPS) is 14.7. The lowest BCUT2D eigenvalue weighted by Gasteiger charge is -2.33. The van der Waals surface area contributed by atoms with Crippen molar-refractivity contribution in [2.45, 2.75) is 13.3 Å². The molecule has 0 bridgehead atoms. The summed E-state index contributed by atoms with van der Waals surface area (Å²) < 4.78 is 4.60. The van der Waals surface area contributed by atoms with E-state index >= 15 is 0 Å². The minimum absolute atomic E-state index is 0.164. The van der Waals surface area contributed by atoms with Gasteiger partial charge in [0, 0.05) is 18.0 Å². The van der Waals surface area contributed by atoms with Crippen molar-refractivity contribution in [3.63, 3.8) is 0 Å². The molecule has 2 N–H and O–H groups in total. The monoisotopic (exact) mass is 297 g/mol. The third-order valence-electron chi connectivity index (χ3n) is 2.63. The topological polar surface area (TPSA) is 92.0 Å². The van der Waals surface area contributed by atoms with Gasteiger partial charge in [-0.15, -0.1) is 16.5 Å². The van der Waals surface area contributed by atoms with Gasteiger partial charge in [-0.05, 0) is 6.08 Å². The fourth-order valence-electron chi connectivity index (χ4n) is 1.65. The smallest absolute Gasteiger partial charge is 0.357 e. The fraction of sp³-hybridized carbons (Fsp3) is 0.364. The van der Waals surface area contributed by atoms with Crippen molar-refractivity contribution in [1.82, 2.24) is 15.2 Å². The van der Waals surface area contributed by atoms with E-state index in [1.54, 1.807) is 18.5 Å². The van der Waals surface area contributed by atoms with Crippen LogP contribution < -0.4 is 10.9 Å². The second-order valence-corrected chi connectivity index (χ2v) is 4.72. The molecule has 9 heteroatoms. The van der Waals surface area contributed by atoms with E-state index in [0.29, 0.717) is 11.7 Å². The van der Waals surface area contributed by atoms with Crippen LogP contribution in [0.3, 0.4) is 0 Å². The number of esters is 1. The van der Waals surface area contributed by atoms with Crippen LogP contribution in [0.4, 0.5) is 5.13 Å². The molecule has 2 heterocycles. The van der Waals surface area contributed by atoms with Crippen LogP contribution in [0.2, 0.25) is 0 Å². The van der Waals surface area contributed by atoms with E-state index in [2.05, 4.69) is 9.72 Å². The van der Waals surface area contributed by atoms with Crippen molar-refractivity contribution < 1.29 is 14.3 Å². The fourth-order valence-corrected chi connectivity index (χ4v) is 2.46. The molecule has 0 aliphatic carbocycles. The van der Waals surface area contributed by atoms with E-state index in [1.807, 2.05) is 6.08 Å². The number of nitrogens with two attached hydrogens (primary N) is 1. The highest BCUT2D eigenvalue weighted by atomic mass is 32.1. The summed E-state index contributed by atoms with van der Waals surface area (Å²) in [6.07, 6.45) is 3.74. The van der Waals surface area contributed by atoms with E-state index in [-0.39, 0.29) is 18.0 Å². The third-order valence-corrected chi connectivity index (χ3v) is 3.45. The van der Waals surface area contributed by atoms with Gasteiger partial charge in [-0.1, -0.05) is 6.92 Å². The standard InChI is InChI=1S/C11H15N5O3S/c1-3-9(17)16(15-6-4-5-14(15)12)11-13-8(7-20-11)10(18)19-2/h4-5,7H,3,6,12H2,1-2H3. The van der Waals surface area contributed by atoms with Gasteiger partial charge >= 0.3 is 5.97 Å². The molecule has 0 radical (unpaired) electrons. The van der Waals surface area contributed by atoms with Crippen LogP contribution >= 0.6 is 11.3 Å². The summed E-state index contributed by atoms with van der Waals surface area (Å²) in [7, 11) is 1.28. The number of ether oxygens (including phenoxy) is 1. The number of carbonyl (C=O) groups is 2. The number of thiazole rings is 1. The molecule has 1 amide bonds. The Morgan fingerprint density at radius 3 is 2.90 bits per heavy atom. The summed E-state index contributed by atoms with van der Waals surface area (Å²) in [6.45, 7) is 2.20. The van der Waals surface area contributed by atoms with Crippen molar-refractivity contribution in [2.24, 2.45) is 5.84 Å². The molecule has 1 aliphatic heterocycles. The Bertz CT molecular complexity index is 544. The van der Waals surface area contributed by atoms with E-state index in [4.69, 9.17) is 5.84 Å². The lowest BCUT2D eigenvalue weighted by Crippen LogP contribution is -2.54. The van der Waals surface area contributed by atoms with Crippen molar-refractivity contribution in [1.29, 1.82) is 0 Å². The van der Waals surface area contributed by atoms with Gasteiger partial charge in [0.15, 0.2) is 5.69 Å². The lowest BCUT2D eigenvalue weighted by molar-refractivity contribution is -0.125. The lowest BCUT2D eigenvalue weighted by atomic mass is 10.4. The summed E-state index contributed by atoms with van der Waals surface area (Å²) in [5, 5.41) is 6.10. The number of hydrogen-bond donors (Lipinski definition) is 1. The molecule has 0 aromatic carbocycles. The molecule has 0 saturated heterocycles. The Morgan fingerprint density at radius 1 is 1.60 bits per heavy atom. The van der Waals surface area contributed by atoms with Gasteiger partial charge in [-0.2, -0.15) is 5.01 Å². The van der Waals surface area contributed by atoms with Crippen LogP contribution in [0.1, 0.15) is 23.8 Å². The number of anilines is 1. The molecule has 108 valence electrons. The quantitative estimate of drug-likeness (QED) is 0.639. The summed E-state index contributed by atoms with van der Waals surface area (Å²) in [4.78, 5) is 27.7. The average Bonchev–Trinajstić information content (AvgIpc) is 3.08. The zero-order valence-corrected chi connectivity index (χ0v) is 12.0. The Morgan fingerprint density at radius 2 is 2.35 bits per heavy atom. The van der Waals surface area contributed by atoms with E-state index in [1.165, 1.54) is 33.7 Å². The summed E-state index contributed by atoms with van der Waals surface area (Å²) in [5.41, 5.74) is 0.164.